The summed E-state index contributed by atoms with van der Waals surface area (Å²) in [4.78, 5) is 25.4. The van der Waals surface area contributed by atoms with Crippen LogP contribution in [0, 0.1) is 13.8 Å². The Balaban J connectivity index is 1.95. The molecule has 130 valence electrons. The van der Waals surface area contributed by atoms with Crippen molar-refractivity contribution >= 4 is 39.0 Å². The third-order valence-electron chi connectivity index (χ3n) is 4.39. The molecule has 1 amide bonds. The fourth-order valence-electron chi connectivity index (χ4n) is 2.84. The Labute approximate surface area is 151 Å². The Bertz CT molecular complexity index is 915. The lowest BCUT2D eigenvalue weighted by Gasteiger charge is -2.19. The van der Waals surface area contributed by atoms with Gasteiger partial charge in [-0.2, -0.15) is 0 Å². The highest BCUT2D eigenvalue weighted by Gasteiger charge is 2.15. The number of nitrogens with zero attached hydrogens (tertiary/aromatic N) is 3. The predicted molar refractivity (Wildman–Crippen MR) is 104 cm³/mol. The molecule has 1 N–H and O–H groups in total. The van der Waals surface area contributed by atoms with Gasteiger partial charge in [0.05, 0.1) is 5.39 Å². The summed E-state index contributed by atoms with van der Waals surface area (Å²) in [5.41, 5.74) is 2.72. The van der Waals surface area contributed by atoms with Crippen LogP contribution in [0.3, 0.4) is 0 Å². The van der Waals surface area contributed by atoms with E-state index in [1.165, 1.54) is 10.4 Å². The summed E-state index contributed by atoms with van der Waals surface area (Å²) in [6.45, 7) is 9.56. The second kappa shape index (κ2) is 7.19. The molecule has 0 aliphatic carbocycles. The van der Waals surface area contributed by atoms with Gasteiger partial charge in [-0.3, -0.25) is 4.79 Å². The van der Waals surface area contributed by atoms with E-state index in [-0.39, 0.29) is 5.91 Å². The second-order valence-electron chi connectivity index (χ2n) is 5.87. The number of rotatable bonds is 5. The first-order valence-corrected chi connectivity index (χ1v) is 9.23. The molecule has 0 aliphatic heterocycles. The number of carbonyl (C=O) groups is 1. The highest BCUT2D eigenvalue weighted by Crippen LogP contribution is 2.33. The molecule has 0 bridgehead atoms. The summed E-state index contributed by atoms with van der Waals surface area (Å²) in [5, 5.41) is 4.40. The number of aromatic nitrogens is 2. The molecule has 0 atom stereocenters. The lowest BCUT2D eigenvalue weighted by Crippen LogP contribution is -2.30. The standard InChI is InChI=1S/C19H22N4OS/c1-5-23(6-2)19(24)14-8-7-9-15(10-14)22-17-16-12(3)13(4)25-18(16)21-11-20-17/h7-11H,5-6H2,1-4H3,(H,20,21,22). The number of benzene rings is 1. The molecule has 3 rings (SSSR count). The van der Waals surface area contributed by atoms with Gasteiger partial charge in [-0.25, -0.2) is 9.97 Å². The van der Waals surface area contributed by atoms with E-state index in [9.17, 15) is 4.79 Å². The largest absolute Gasteiger partial charge is 0.340 e. The third-order valence-corrected chi connectivity index (χ3v) is 5.50. The van der Waals surface area contributed by atoms with Crippen LogP contribution in [0.5, 0.6) is 0 Å². The Morgan fingerprint density at radius 2 is 1.96 bits per heavy atom. The van der Waals surface area contributed by atoms with E-state index in [1.807, 2.05) is 43.0 Å². The monoisotopic (exact) mass is 354 g/mol. The van der Waals surface area contributed by atoms with Crippen molar-refractivity contribution in [1.29, 1.82) is 0 Å². The molecule has 0 radical (unpaired) electrons. The Hall–Kier alpha value is -2.47. The molecular formula is C19H22N4OS. The van der Waals surface area contributed by atoms with Crippen molar-refractivity contribution in [3.05, 3.63) is 46.6 Å². The van der Waals surface area contributed by atoms with E-state index in [1.54, 1.807) is 17.7 Å². The molecule has 25 heavy (non-hydrogen) atoms. The number of amides is 1. The number of hydrogen-bond donors (Lipinski definition) is 1. The molecule has 0 unspecified atom stereocenters. The van der Waals surface area contributed by atoms with Gasteiger partial charge in [-0.15, -0.1) is 11.3 Å². The van der Waals surface area contributed by atoms with Crippen LogP contribution in [0.4, 0.5) is 11.5 Å². The molecule has 0 aliphatic rings. The average molecular weight is 354 g/mol. The van der Waals surface area contributed by atoms with Crippen LogP contribution in [0.1, 0.15) is 34.6 Å². The molecule has 0 fully saturated rings. The van der Waals surface area contributed by atoms with Crippen LogP contribution in [0.2, 0.25) is 0 Å². The van der Waals surface area contributed by atoms with Gasteiger partial charge in [0.25, 0.3) is 5.91 Å². The van der Waals surface area contributed by atoms with Crippen LogP contribution in [-0.4, -0.2) is 33.9 Å². The Morgan fingerprint density at radius 1 is 1.20 bits per heavy atom. The maximum absolute atomic E-state index is 12.6. The molecular weight excluding hydrogens is 332 g/mol. The molecule has 0 saturated heterocycles. The lowest BCUT2D eigenvalue weighted by molar-refractivity contribution is 0.0773. The topological polar surface area (TPSA) is 58.1 Å². The van der Waals surface area contributed by atoms with Crippen molar-refractivity contribution in [2.45, 2.75) is 27.7 Å². The third kappa shape index (κ3) is 3.35. The fourth-order valence-corrected chi connectivity index (χ4v) is 3.83. The van der Waals surface area contributed by atoms with Crippen LogP contribution in [0.15, 0.2) is 30.6 Å². The van der Waals surface area contributed by atoms with Crippen molar-refractivity contribution in [1.82, 2.24) is 14.9 Å². The van der Waals surface area contributed by atoms with Crippen molar-refractivity contribution in [3.63, 3.8) is 0 Å². The first kappa shape index (κ1) is 17.4. The summed E-state index contributed by atoms with van der Waals surface area (Å²) >= 11 is 1.67. The van der Waals surface area contributed by atoms with E-state index in [4.69, 9.17) is 0 Å². The van der Waals surface area contributed by atoms with Crippen LogP contribution in [0.25, 0.3) is 10.2 Å². The number of thiophene rings is 1. The summed E-state index contributed by atoms with van der Waals surface area (Å²) < 4.78 is 0. The summed E-state index contributed by atoms with van der Waals surface area (Å²) in [6, 6.07) is 7.56. The Kier molecular flexibility index (Phi) is 4.99. The zero-order chi connectivity index (χ0) is 18.0. The molecule has 2 aromatic heterocycles. The van der Waals surface area contributed by atoms with Crippen molar-refractivity contribution in [2.24, 2.45) is 0 Å². The maximum atomic E-state index is 12.6. The number of hydrogen-bond acceptors (Lipinski definition) is 5. The van der Waals surface area contributed by atoms with Crippen LogP contribution >= 0.6 is 11.3 Å². The van der Waals surface area contributed by atoms with Gasteiger partial charge < -0.3 is 10.2 Å². The molecule has 0 spiro atoms. The zero-order valence-corrected chi connectivity index (χ0v) is 15.8. The normalized spacial score (nSPS) is 10.9. The molecule has 5 nitrogen and oxygen atoms in total. The minimum atomic E-state index is 0.0454. The number of aryl methyl sites for hydroxylation is 2. The molecule has 3 aromatic rings. The number of carbonyl (C=O) groups excluding carboxylic acids is 1. The van der Waals surface area contributed by atoms with Crippen LogP contribution < -0.4 is 5.32 Å². The van der Waals surface area contributed by atoms with E-state index in [0.717, 1.165) is 21.7 Å². The zero-order valence-electron chi connectivity index (χ0n) is 15.0. The summed E-state index contributed by atoms with van der Waals surface area (Å²) in [6.07, 6.45) is 1.57. The molecule has 2 heterocycles. The van der Waals surface area contributed by atoms with Gasteiger partial charge in [0.2, 0.25) is 0 Å². The molecule has 0 saturated carbocycles. The highest BCUT2D eigenvalue weighted by atomic mass is 32.1. The van der Waals surface area contributed by atoms with E-state index >= 15 is 0 Å². The number of fused-ring (bicyclic) bond motifs is 1. The smallest absolute Gasteiger partial charge is 0.253 e. The Morgan fingerprint density at radius 3 is 2.68 bits per heavy atom. The van der Waals surface area contributed by atoms with Gasteiger partial charge in [0.15, 0.2) is 0 Å². The fraction of sp³-hybridized carbons (Fsp3) is 0.316. The highest BCUT2D eigenvalue weighted by molar-refractivity contribution is 7.18. The van der Waals surface area contributed by atoms with E-state index in [0.29, 0.717) is 18.7 Å². The molecule has 1 aromatic carbocycles. The van der Waals surface area contributed by atoms with Gasteiger partial charge >= 0.3 is 0 Å². The predicted octanol–water partition coefficient (Wildman–Crippen LogP) is 4.53. The minimum Gasteiger partial charge on any atom is -0.340 e. The lowest BCUT2D eigenvalue weighted by atomic mass is 10.1. The van der Waals surface area contributed by atoms with Gasteiger partial charge in [0.1, 0.15) is 17.0 Å². The quantitative estimate of drug-likeness (QED) is 0.731. The second-order valence-corrected chi connectivity index (χ2v) is 7.07. The van der Waals surface area contributed by atoms with Gasteiger partial charge in [-0.05, 0) is 51.5 Å². The number of anilines is 2. The van der Waals surface area contributed by atoms with Gasteiger partial charge in [0, 0.05) is 29.2 Å². The SMILES string of the molecule is CCN(CC)C(=O)c1cccc(Nc2ncnc3sc(C)c(C)c23)c1. The summed E-state index contributed by atoms with van der Waals surface area (Å²) in [7, 11) is 0. The van der Waals surface area contributed by atoms with E-state index in [2.05, 4.69) is 29.1 Å². The number of nitrogens with one attached hydrogen (secondary N) is 1. The van der Waals surface area contributed by atoms with Crippen molar-refractivity contribution < 1.29 is 4.79 Å². The summed E-state index contributed by atoms with van der Waals surface area (Å²) in [5.74, 6) is 0.823. The van der Waals surface area contributed by atoms with Gasteiger partial charge in [-0.1, -0.05) is 6.07 Å². The first-order valence-electron chi connectivity index (χ1n) is 8.42. The maximum Gasteiger partial charge on any atom is 0.253 e. The van der Waals surface area contributed by atoms with Crippen molar-refractivity contribution in [3.8, 4) is 0 Å². The average Bonchev–Trinajstić information content (AvgIpc) is 2.91. The first-order chi connectivity index (χ1) is 12.0. The molecule has 6 heteroatoms. The minimum absolute atomic E-state index is 0.0454. The van der Waals surface area contributed by atoms with E-state index < -0.39 is 0 Å². The van der Waals surface area contributed by atoms with Crippen LogP contribution in [-0.2, 0) is 0 Å². The van der Waals surface area contributed by atoms with Crippen molar-refractivity contribution in [2.75, 3.05) is 18.4 Å².